The Hall–Kier alpha value is -1.88. The standard InChI is InChI=1S/C15H18N2O3/c18-15(19)6-5-11-7-8-17(9-11)10-14-16-12-3-1-2-4-13(12)20-14/h1-4,11H,5-10H2,(H,18,19). The number of aromatic nitrogens is 1. The Kier molecular flexibility index (Phi) is 3.69. The highest BCUT2D eigenvalue weighted by molar-refractivity contribution is 5.72. The van der Waals surface area contributed by atoms with Gasteiger partial charge in [0.25, 0.3) is 0 Å². The first kappa shape index (κ1) is 13.1. The number of carbonyl (C=O) groups is 1. The molecule has 5 heteroatoms. The maximum Gasteiger partial charge on any atom is 0.303 e. The molecule has 2 aromatic rings. The van der Waals surface area contributed by atoms with E-state index in [-0.39, 0.29) is 6.42 Å². The summed E-state index contributed by atoms with van der Waals surface area (Å²) in [4.78, 5) is 17.4. The van der Waals surface area contributed by atoms with Crippen LogP contribution >= 0.6 is 0 Å². The number of benzene rings is 1. The molecule has 1 aromatic heterocycles. The molecule has 0 spiro atoms. The Morgan fingerprint density at radius 3 is 3.10 bits per heavy atom. The Bertz CT molecular complexity index is 575. The van der Waals surface area contributed by atoms with E-state index < -0.39 is 5.97 Å². The Morgan fingerprint density at radius 1 is 1.45 bits per heavy atom. The second kappa shape index (κ2) is 5.63. The lowest BCUT2D eigenvalue weighted by Crippen LogP contribution is -2.20. The summed E-state index contributed by atoms with van der Waals surface area (Å²) in [6.07, 6.45) is 2.09. The molecule has 1 aliphatic heterocycles. The van der Waals surface area contributed by atoms with Gasteiger partial charge in [-0.05, 0) is 37.4 Å². The van der Waals surface area contributed by atoms with Crippen molar-refractivity contribution in [1.29, 1.82) is 0 Å². The van der Waals surface area contributed by atoms with Crippen molar-refractivity contribution in [3.05, 3.63) is 30.2 Å². The third-order valence-corrected chi connectivity index (χ3v) is 3.83. The summed E-state index contributed by atoms with van der Waals surface area (Å²) in [7, 11) is 0. The Labute approximate surface area is 117 Å². The van der Waals surface area contributed by atoms with Gasteiger partial charge in [0.15, 0.2) is 5.58 Å². The zero-order valence-electron chi connectivity index (χ0n) is 11.3. The fourth-order valence-electron chi connectivity index (χ4n) is 2.80. The molecular weight excluding hydrogens is 256 g/mol. The van der Waals surface area contributed by atoms with Crippen molar-refractivity contribution in [1.82, 2.24) is 9.88 Å². The molecule has 2 heterocycles. The lowest BCUT2D eigenvalue weighted by molar-refractivity contribution is -0.137. The highest BCUT2D eigenvalue weighted by Crippen LogP contribution is 2.23. The maximum atomic E-state index is 10.6. The van der Waals surface area contributed by atoms with Gasteiger partial charge < -0.3 is 9.52 Å². The van der Waals surface area contributed by atoms with E-state index in [0.29, 0.717) is 12.5 Å². The molecule has 1 atom stereocenters. The van der Waals surface area contributed by atoms with Crippen LogP contribution in [-0.4, -0.2) is 34.0 Å². The Balaban J connectivity index is 1.57. The molecule has 0 amide bonds. The summed E-state index contributed by atoms with van der Waals surface area (Å²) in [6, 6.07) is 7.76. The molecule has 1 N–H and O–H groups in total. The number of para-hydroxylation sites is 2. The van der Waals surface area contributed by atoms with E-state index in [4.69, 9.17) is 9.52 Å². The van der Waals surface area contributed by atoms with Gasteiger partial charge in [-0.1, -0.05) is 12.1 Å². The van der Waals surface area contributed by atoms with E-state index in [1.165, 1.54) is 0 Å². The Morgan fingerprint density at radius 2 is 2.30 bits per heavy atom. The molecule has 5 nitrogen and oxygen atoms in total. The zero-order chi connectivity index (χ0) is 13.9. The number of rotatable bonds is 5. The van der Waals surface area contributed by atoms with Gasteiger partial charge in [0.1, 0.15) is 5.52 Å². The van der Waals surface area contributed by atoms with Gasteiger partial charge in [0.05, 0.1) is 6.54 Å². The summed E-state index contributed by atoms with van der Waals surface area (Å²) in [5, 5.41) is 8.72. The minimum absolute atomic E-state index is 0.265. The van der Waals surface area contributed by atoms with Crippen molar-refractivity contribution < 1.29 is 14.3 Å². The summed E-state index contributed by atoms with van der Waals surface area (Å²) in [6.45, 7) is 2.63. The first-order valence-corrected chi connectivity index (χ1v) is 6.99. The molecule has 0 bridgehead atoms. The predicted molar refractivity (Wildman–Crippen MR) is 74.3 cm³/mol. The lowest BCUT2D eigenvalue weighted by Gasteiger charge is -2.13. The van der Waals surface area contributed by atoms with Crippen molar-refractivity contribution in [2.45, 2.75) is 25.8 Å². The average Bonchev–Trinajstić information content (AvgIpc) is 3.02. The molecular formula is C15H18N2O3. The van der Waals surface area contributed by atoms with E-state index in [1.807, 2.05) is 24.3 Å². The molecule has 1 unspecified atom stereocenters. The van der Waals surface area contributed by atoms with Crippen molar-refractivity contribution in [2.75, 3.05) is 13.1 Å². The number of hydrogen-bond donors (Lipinski definition) is 1. The highest BCUT2D eigenvalue weighted by Gasteiger charge is 2.24. The van der Waals surface area contributed by atoms with Crippen molar-refractivity contribution >= 4 is 17.1 Å². The van der Waals surface area contributed by atoms with Gasteiger partial charge in [-0.25, -0.2) is 4.98 Å². The van der Waals surface area contributed by atoms with Crippen LogP contribution in [-0.2, 0) is 11.3 Å². The minimum atomic E-state index is -0.706. The van der Waals surface area contributed by atoms with Gasteiger partial charge in [-0.3, -0.25) is 9.69 Å². The number of carboxylic acid groups (broad SMARTS) is 1. The highest BCUT2D eigenvalue weighted by atomic mass is 16.4. The van der Waals surface area contributed by atoms with Crippen LogP contribution in [0.2, 0.25) is 0 Å². The van der Waals surface area contributed by atoms with Crippen LogP contribution in [0.15, 0.2) is 28.7 Å². The third-order valence-electron chi connectivity index (χ3n) is 3.83. The number of hydrogen-bond acceptors (Lipinski definition) is 4. The summed E-state index contributed by atoms with van der Waals surface area (Å²) >= 11 is 0. The van der Waals surface area contributed by atoms with Gasteiger partial charge in [-0.2, -0.15) is 0 Å². The maximum absolute atomic E-state index is 10.6. The van der Waals surface area contributed by atoms with Crippen LogP contribution < -0.4 is 0 Å². The molecule has 1 fully saturated rings. The van der Waals surface area contributed by atoms with Crippen LogP contribution in [0.25, 0.3) is 11.1 Å². The predicted octanol–water partition coefficient (Wildman–Crippen LogP) is 2.51. The average molecular weight is 274 g/mol. The molecule has 0 saturated carbocycles. The van der Waals surface area contributed by atoms with Crippen molar-refractivity contribution in [2.24, 2.45) is 5.92 Å². The van der Waals surface area contributed by atoms with Crippen LogP contribution in [0.4, 0.5) is 0 Å². The van der Waals surface area contributed by atoms with Crippen molar-refractivity contribution in [3.63, 3.8) is 0 Å². The molecule has 3 rings (SSSR count). The second-order valence-corrected chi connectivity index (χ2v) is 5.40. The monoisotopic (exact) mass is 274 g/mol. The van der Waals surface area contributed by atoms with Crippen LogP contribution in [0.3, 0.4) is 0 Å². The number of carboxylic acids is 1. The smallest absolute Gasteiger partial charge is 0.303 e. The molecule has 20 heavy (non-hydrogen) atoms. The van der Waals surface area contributed by atoms with Crippen LogP contribution in [0.5, 0.6) is 0 Å². The quantitative estimate of drug-likeness (QED) is 0.907. The second-order valence-electron chi connectivity index (χ2n) is 5.40. The van der Waals surface area contributed by atoms with E-state index in [2.05, 4.69) is 9.88 Å². The van der Waals surface area contributed by atoms with Gasteiger partial charge in [0, 0.05) is 13.0 Å². The number of fused-ring (bicyclic) bond motifs is 1. The SMILES string of the molecule is O=C(O)CCC1CCN(Cc2nc3ccccc3o2)C1. The largest absolute Gasteiger partial charge is 0.481 e. The number of oxazole rings is 1. The zero-order valence-corrected chi connectivity index (χ0v) is 11.3. The normalized spacial score (nSPS) is 19.7. The first-order chi connectivity index (χ1) is 9.70. The first-order valence-electron chi connectivity index (χ1n) is 6.99. The number of nitrogens with zero attached hydrogens (tertiary/aromatic N) is 2. The lowest BCUT2D eigenvalue weighted by atomic mass is 10.0. The molecule has 106 valence electrons. The van der Waals surface area contributed by atoms with E-state index in [0.717, 1.165) is 42.9 Å². The fourth-order valence-corrected chi connectivity index (χ4v) is 2.80. The number of likely N-dealkylation sites (tertiary alicyclic amines) is 1. The third kappa shape index (κ3) is 2.99. The van der Waals surface area contributed by atoms with E-state index in [1.54, 1.807) is 0 Å². The van der Waals surface area contributed by atoms with Gasteiger partial charge >= 0.3 is 5.97 Å². The summed E-state index contributed by atoms with van der Waals surface area (Å²) in [5.41, 5.74) is 1.72. The van der Waals surface area contributed by atoms with E-state index in [9.17, 15) is 4.79 Å². The van der Waals surface area contributed by atoms with Crippen LogP contribution in [0.1, 0.15) is 25.2 Å². The molecule has 1 saturated heterocycles. The molecule has 1 aromatic carbocycles. The minimum Gasteiger partial charge on any atom is -0.481 e. The summed E-state index contributed by atoms with van der Waals surface area (Å²) < 4.78 is 5.72. The van der Waals surface area contributed by atoms with E-state index >= 15 is 0 Å². The summed E-state index contributed by atoms with van der Waals surface area (Å²) in [5.74, 6) is 0.517. The van der Waals surface area contributed by atoms with Crippen molar-refractivity contribution in [3.8, 4) is 0 Å². The fraction of sp³-hybridized carbons (Fsp3) is 0.467. The molecule has 0 radical (unpaired) electrons. The molecule has 1 aliphatic rings. The van der Waals surface area contributed by atoms with Gasteiger partial charge in [0.2, 0.25) is 5.89 Å². The molecule has 0 aliphatic carbocycles. The van der Waals surface area contributed by atoms with Crippen LogP contribution in [0, 0.1) is 5.92 Å². The van der Waals surface area contributed by atoms with Gasteiger partial charge in [-0.15, -0.1) is 0 Å². The number of aliphatic carboxylic acids is 1. The topological polar surface area (TPSA) is 66.6 Å².